The summed E-state index contributed by atoms with van der Waals surface area (Å²) in [6.07, 6.45) is 1.08. The molecule has 1 amide bonds. The second kappa shape index (κ2) is 8.83. The van der Waals surface area contributed by atoms with Gasteiger partial charge in [-0.3, -0.25) is 14.3 Å². The van der Waals surface area contributed by atoms with Crippen LogP contribution in [0.3, 0.4) is 0 Å². The van der Waals surface area contributed by atoms with Gasteiger partial charge in [0.25, 0.3) is 5.91 Å². The Balaban J connectivity index is 1.98. The van der Waals surface area contributed by atoms with Gasteiger partial charge in [-0.1, -0.05) is 54.6 Å². The average Bonchev–Trinajstić information content (AvgIpc) is 2.79. The van der Waals surface area contributed by atoms with Crippen molar-refractivity contribution in [2.24, 2.45) is 0 Å². The minimum absolute atomic E-state index is 0.0857. The Kier molecular flexibility index (Phi) is 6.08. The van der Waals surface area contributed by atoms with E-state index in [0.717, 1.165) is 22.9 Å². The standard InChI is InChI=1S/C26H29N3O4/c1-17-10-8-9-13-19(17)22(18-11-6-5-7-12-18)20-15-28(26(2,3)16-33-4)25(32)23-24(31)21(30)14-27-29(20)23/h5-14,20,22,31H,15-16H2,1-4H3. The lowest BCUT2D eigenvalue weighted by Crippen LogP contribution is -2.57. The van der Waals surface area contributed by atoms with Gasteiger partial charge in [0.1, 0.15) is 0 Å². The van der Waals surface area contributed by atoms with Gasteiger partial charge >= 0.3 is 0 Å². The predicted molar refractivity (Wildman–Crippen MR) is 126 cm³/mol. The maximum atomic E-state index is 13.5. The van der Waals surface area contributed by atoms with Gasteiger partial charge in [-0.25, -0.2) is 0 Å². The average molecular weight is 448 g/mol. The van der Waals surface area contributed by atoms with Crippen LogP contribution in [0.2, 0.25) is 0 Å². The van der Waals surface area contributed by atoms with E-state index in [0.29, 0.717) is 13.2 Å². The van der Waals surface area contributed by atoms with Gasteiger partial charge in [0.2, 0.25) is 5.43 Å². The van der Waals surface area contributed by atoms with Crippen LogP contribution >= 0.6 is 0 Å². The van der Waals surface area contributed by atoms with Crippen molar-refractivity contribution in [3.63, 3.8) is 0 Å². The van der Waals surface area contributed by atoms with Crippen LogP contribution in [0.4, 0.5) is 0 Å². The summed E-state index contributed by atoms with van der Waals surface area (Å²) in [4.78, 5) is 27.5. The molecule has 2 atom stereocenters. The molecule has 0 spiro atoms. The number of hydrogen-bond donors (Lipinski definition) is 1. The fraction of sp³-hybridized carbons (Fsp3) is 0.346. The summed E-state index contributed by atoms with van der Waals surface area (Å²) in [5.74, 6) is -1.18. The lowest BCUT2D eigenvalue weighted by atomic mass is 9.81. The fourth-order valence-corrected chi connectivity index (χ4v) is 4.79. The second-order valence-corrected chi connectivity index (χ2v) is 9.12. The van der Waals surface area contributed by atoms with Crippen molar-refractivity contribution in [3.8, 4) is 5.75 Å². The van der Waals surface area contributed by atoms with Gasteiger partial charge in [-0.15, -0.1) is 0 Å². The SMILES string of the molecule is COCC(C)(C)N1CC(C(c2ccccc2)c2ccccc2C)n2ncc(=O)c(O)c2C1=O. The molecule has 2 unspecified atom stereocenters. The number of hydrogen-bond acceptors (Lipinski definition) is 5. The molecule has 33 heavy (non-hydrogen) atoms. The van der Waals surface area contributed by atoms with Gasteiger partial charge in [-0.05, 0) is 37.5 Å². The molecule has 7 nitrogen and oxygen atoms in total. The highest BCUT2D eigenvalue weighted by atomic mass is 16.5. The van der Waals surface area contributed by atoms with Crippen LogP contribution in [0.25, 0.3) is 0 Å². The first-order valence-corrected chi connectivity index (χ1v) is 11.0. The number of aromatic hydroxyl groups is 1. The van der Waals surface area contributed by atoms with E-state index < -0.39 is 22.6 Å². The summed E-state index contributed by atoms with van der Waals surface area (Å²) < 4.78 is 6.92. The number of aryl methyl sites for hydroxylation is 1. The highest BCUT2D eigenvalue weighted by Crippen LogP contribution is 2.41. The molecule has 1 aliphatic rings. The van der Waals surface area contributed by atoms with Crippen LogP contribution in [-0.2, 0) is 4.74 Å². The number of fused-ring (bicyclic) bond motifs is 1. The first kappa shape index (κ1) is 22.7. The minimum Gasteiger partial charge on any atom is -0.502 e. The molecule has 1 N–H and O–H groups in total. The minimum atomic E-state index is -0.674. The van der Waals surface area contributed by atoms with Gasteiger partial charge in [0.05, 0.1) is 24.4 Å². The monoisotopic (exact) mass is 447 g/mol. The Hall–Kier alpha value is -3.45. The molecule has 1 aliphatic heterocycles. The summed E-state index contributed by atoms with van der Waals surface area (Å²) in [7, 11) is 1.59. The van der Waals surface area contributed by atoms with Gasteiger partial charge in [-0.2, -0.15) is 5.10 Å². The molecule has 0 saturated carbocycles. The van der Waals surface area contributed by atoms with Crippen LogP contribution < -0.4 is 5.43 Å². The Bertz CT molecular complexity index is 1220. The summed E-state index contributed by atoms with van der Waals surface area (Å²) in [5, 5.41) is 15.0. The van der Waals surface area contributed by atoms with Crippen molar-refractivity contribution < 1.29 is 14.6 Å². The van der Waals surface area contributed by atoms with Crippen LogP contribution in [0.5, 0.6) is 5.75 Å². The fourth-order valence-electron chi connectivity index (χ4n) is 4.79. The number of ether oxygens (including phenoxy) is 1. The summed E-state index contributed by atoms with van der Waals surface area (Å²) >= 11 is 0. The van der Waals surface area contributed by atoms with Crippen molar-refractivity contribution >= 4 is 5.91 Å². The Morgan fingerprint density at radius 3 is 2.45 bits per heavy atom. The topological polar surface area (TPSA) is 84.7 Å². The lowest BCUT2D eigenvalue weighted by molar-refractivity contribution is 0.0105. The number of rotatable bonds is 6. The highest BCUT2D eigenvalue weighted by Gasteiger charge is 2.44. The molecule has 2 heterocycles. The van der Waals surface area contributed by atoms with Crippen LogP contribution in [0.15, 0.2) is 65.6 Å². The Morgan fingerprint density at radius 2 is 1.79 bits per heavy atom. The van der Waals surface area contributed by atoms with Gasteiger partial charge in [0, 0.05) is 19.6 Å². The van der Waals surface area contributed by atoms with E-state index in [1.165, 1.54) is 4.68 Å². The maximum Gasteiger partial charge on any atom is 0.276 e. The number of benzene rings is 2. The Labute approximate surface area is 193 Å². The first-order valence-electron chi connectivity index (χ1n) is 11.0. The van der Waals surface area contributed by atoms with Crippen molar-refractivity contribution in [1.29, 1.82) is 0 Å². The van der Waals surface area contributed by atoms with Gasteiger partial charge in [0.15, 0.2) is 11.4 Å². The smallest absolute Gasteiger partial charge is 0.276 e. The van der Waals surface area contributed by atoms with E-state index in [1.807, 2.05) is 44.2 Å². The van der Waals surface area contributed by atoms with Crippen LogP contribution in [-0.4, -0.2) is 51.5 Å². The van der Waals surface area contributed by atoms with E-state index in [9.17, 15) is 14.7 Å². The second-order valence-electron chi connectivity index (χ2n) is 9.12. The van der Waals surface area contributed by atoms with Crippen molar-refractivity contribution in [2.45, 2.75) is 38.3 Å². The van der Waals surface area contributed by atoms with E-state index in [2.05, 4.69) is 36.3 Å². The quantitative estimate of drug-likeness (QED) is 0.625. The number of amides is 1. The highest BCUT2D eigenvalue weighted by molar-refractivity contribution is 5.96. The third-order valence-corrected chi connectivity index (χ3v) is 6.41. The third-order valence-electron chi connectivity index (χ3n) is 6.41. The van der Waals surface area contributed by atoms with Crippen molar-refractivity contribution in [3.05, 3.63) is 93.4 Å². The van der Waals surface area contributed by atoms with Crippen LogP contribution in [0, 0.1) is 6.92 Å². The molecule has 1 aromatic heterocycles. The largest absolute Gasteiger partial charge is 0.502 e. The van der Waals surface area contributed by atoms with E-state index >= 15 is 0 Å². The molecule has 7 heteroatoms. The predicted octanol–water partition coefficient (Wildman–Crippen LogP) is 3.51. The molecule has 0 saturated heterocycles. The summed E-state index contributed by atoms with van der Waals surface area (Å²) in [5.41, 5.74) is 1.84. The molecular formula is C26H29N3O4. The van der Waals surface area contributed by atoms with Gasteiger partial charge < -0.3 is 14.7 Å². The van der Waals surface area contributed by atoms with E-state index in [4.69, 9.17) is 4.74 Å². The van der Waals surface area contributed by atoms with Crippen molar-refractivity contribution in [1.82, 2.24) is 14.7 Å². The number of methoxy groups -OCH3 is 1. The molecule has 3 aromatic rings. The molecule has 4 rings (SSSR count). The Morgan fingerprint density at radius 1 is 1.12 bits per heavy atom. The lowest BCUT2D eigenvalue weighted by Gasteiger charge is -2.46. The number of carbonyl (C=O) groups excluding carboxylic acids is 1. The molecule has 2 aromatic carbocycles. The normalized spacial score (nSPS) is 17.0. The zero-order chi connectivity index (χ0) is 23.8. The van der Waals surface area contributed by atoms with Crippen molar-refractivity contribution in [2.75, 3.05) is 20.3 Å². The zero-order valence-corrected chi connectivity index (χ0v) is 19.4. The number of carbonyl (C=O) groups is 1. The molecule has 0 aliphatic carbocycles. The summed E-state index contributed by atoms with van der Waals surface area (Å²) in [6, 6.07) is 17.8. The first-order chi connectivity index (χ1) is 15.8. The van der Waals surface area contributed by atoms with Crippen LogP contribution in [0.1, 0.15) is 53.0 Å². The zero-order valence-electron chi connectivity index (χ0n) is 19.4. The molecule has 172 valence electrons. The van der Waals surface area contributed by atoms with E-state index in [-0.39, 0.29) is 17.7 Å². The van der Waals surface area contributed by atoms with E-state index in [1.54, 1.807) is 12.0 Å². The molecule has 0 bridgehead atoms. The maximum absolute atomic E-state index is 13.5. The number of aromatic nitrogens is 2. The molecular weight excluding hydrogens is 418 g/mol. The molecule has 0 fully saturated rings. The summed E-state index contributed by atoms with van der Waals surface area (Å²) in [6.45, 7) is 6.53. The number of nitrogens with zero attached hydrogens (tertiary/aromatic N) is 3. The molecule has 0 radical (unpaired) electrons. The third kappa shape index (κ3) is 4.04.